The molecule has 2 heterocycles. The molecular weight excluding hydrogens is 497 g/mol. The van der Waals surface area contributed by atoms with Crippen LogP contribution < -0.4 is 10.6 Å². The zero-order valence-electron chi connectivity index (χ0n) is 18.1. The van der Waals surface area contributed by atoms with Gasteiger partial charge in [0.05, 0.1) is 12.6 Å². The molecule has 0 aromatic heterocycles. The number of guanidine groups is 1. The lowest BCUT2D eigenvalue weighted by Gasteiger charge is -2.40. The molecule has 1 aromatic carbocycles. The lowest BCUT2D eigenvalue weighted by atomic mass is 10.00. The molecule has 8 nitrogen and oxygen atoms in total. The average Bonchev–Trinajstić information content (AvgIpc) is 2.64. The van der Waals surface area contributed by atoms with Crippen molar-refractivity contribution in [2.75, 3.05) is 33.2 Å². The number of nitrogens with one attached hydrogen (secondary N) is 2. The first kappa shape index (κ1) is 24.2. The zero-order chi connectivity index (χ0) is 21.0. The predicted octanol–water partition coefficient (Wildman–Crippen LogP) is 1.97. The van der Waals surface area contributed by atoms with Gasteiger partial charge in [-0.15, -0.1) is 24.0 Å². The van der Waals surface area contributed by atoms with Crippen LogP contribution in [0.5, 0.6) is 0 Å². The highest BCUT2D eigenvalue weighted by Crippen LogP contribution is 2.18. The maximum absolute atomic E-state index is 12.6. The van der Waals surface area contributed by atoms with E-state index < -0.39 is 5.60 Å². The number of carbonyl (C=O) groups is 2. The van der Waals surface area contributed by atoms with Crippen LogP contribution in [0.25, 0.3) is 0 Å². The number of hydrogen-bond acceptors (Lipinski definition) is 4. The predicted molar refractivity (Wildman–Crippen MR) is 127 cm³/mol. The molecule has 0 bridgehead atoms. The van der Waals surface area contributed by atoms with E-state index in [1.54, 1.807) is 11.9 Å². The maximum Gasteiger partial charge on any atom is 0.410 e. The molecular formula is C21H32IN5O3. The minimum atomic E-state index is -0.498. The monoisotopic (exact) mass is 529 g/mol. The highest BCUT2D eigenvalue weighted by Gasteiger charge is 2.34. The van der Waals surface area contributed by atoms with E-state index in [4.69, 9.17) is 4.74 Å². The van der Waals surface area contributed by atoms with Gasteiger partial charge >= 0.3 is 6.09 Å². The molecule has 0 atom stereocenters. The number of nitrogens with zero attached hydrogens (tertiary/aromatic N) is 3. The van der Waals surface area contributed by atoms with Crippen molar-refractivity contribution in [1.29, 1.82) is 0 Å². The normalized spacial score (nSPS) is 16.7. The number of ether oxygens (including phenoxy) is 1. The number of benzene rings is 1. The van der Waals surface area contributed by atoms with E-state index in [2.05, 4.69) is 27.8 Å². The van der Waals surface area contributed by atoms with Gasteiger partial charge in [-0.05, 0) is 38.3 Å². The average molecular weight is 529 g/mol. The van der Waals surface area contributed by atoms with Gasteiger partial charge in [0.2, 0.25) is 5.91 Å². The van der Waals surface area contributed by atoms with Gasteiger partial charge in [-0.3, -0.25) is 9.79 Å². The van der Waals surface area contributed by atoms with Gasteiger partial charge in [0.1, 0.15) is 5.60 Å². The van der Waals surface area contributed by atoms with E-state index in [0.29, 0.717) is 25.6 Å². The third-order valence-corrected chi connectivity index (χ3v) is 4.99. The second-order valence-electron chi connectivity index (χ2n) is 8.49. The SMILES string of the molecule is CN=C(NCC(=O)N1CCc2ccccc2C1)NC1CN(C(=O)OC(C)(C)C)C1.I. The molecule has 2 N–H and O–H groups in total. The van der Waals surface area contributed by atoms with E-state index in [1.165, 1.54) is 11.1 Å². The number of likely N-dealkylation sites (tertiary alicyclic amines) is 1. The summed E-state index contributed by atoms with van der Waals surface area (Å²) in [6.45, 7) is 8.22. The minimum absolute atomic E-state index is 0. The zero-order valence-corrected chi connectivity index (χ0v) is 20.4. The first-order valence-corrected chi connectivity index (χ1v) is 10.0. The quantitative estimate of drug-likeness (QED) is 0.356. The summed E-state index contributed by atoms with van der Waals surface area (Å²) in [7, 11) is 1.67. The highest BCUT2D eigenvalue weighted by molar-refractivity contribution is 14.0. The van der Waals surface area contributed by atoms with Crippen LogP contribution in [0, 0.1) is 0 Å². The molecule has 0 aliphatic carbocycles. The Morgan fingerprint density at radius 3 is 2.47 bits per heavy atom. The second-order valence-corrected chi connectivity index (χ2v) is 8.49. The summed E-state index contributed by atoms with van der Waals surface area (Å²) in [5.74, 6) is 0.607. The standard InChI is InChI=1S/C21H31N5O3.HI/c1-21(2,3)29-20(28)26-13-17(14-26)24-19(22-4)23-11-18(27)25-10-9-15-7-5-6-8-16(15)12-25;/h5-8,17H,9-14H2,1-4H3,(H2,22,23,24);1H. The molecule has 0 saturated carbocycles. The molecule has 1 aromatic rings. The molecule has 2 amide bonds. The van der Waals surface area contributed by atoms with Crippen LogP contribution >= 0.6 is 24.0 Å². The lowest BCUT2D eigenvalue weighted by molar-refractivity contribution is -0.130. The maximum atomic E-state index is 12.6. The molecule has 1 saturated heterocycles. The summed E-state index contributed by atoms with van der Waals surface area (Å²) in [6.07, 6.45) is 0.580. The van der Waals surface area contributed by atoms with Crippen molar-refractivity contribution in [3.8, 4) is 0 Å². The Morgan fingerprint density at radius 2 is 1.83 bits per heavy atom. The van der Waals surface area contributed by atoms with Gasteiger partial charge in [-0.2, -0.15) is 0 Å². The van der Waals surface area contributed by atoms with Gasteiger partial charge in [0.25, 0.3) is 0 Å². The van der Waals surface area contributed by atoms with Crippen molar-refractivity contribution < 1.29 is 14.3 Å². The van der Waals surface area contributed by atoms with Crippen molar-refractivity contribution in [3.05, 3.63) is 35.4 Å². The Labute approximate surface area is 195 Å². The summed E-state index contributed by atoms with van der Waals surface area (Å²) in [5, 5.41) is 6.33. The Bertz CT molecular complexity index is 787. The van der Waals surface area contributed by atoms with Crippen molar-refractivity contribution in [2.24, 2.45) is 4.99 Å². The molecule has 166 valence electrons. The van der Waals surface area contributed by atoms with E-state index in [9.17, 15) is 9.59 Å². The van der Waals surface area contributed by atoms with E-state index in [1.807, 2.05) is 37.8 Å². The molecule has 1 fully saturated rings. The molecule has 9 heteroatoms. The van der Waals surface area contributed by atoms with Gasteiger partial charge in [-0.25, -0.2) is 4.79 Å². The molecule has 30 heavy (non-hydrogen) atoms. The summed E-state index contributed by atoms with van der Waals surface area (Å²) in [6, 6.07) is 8.34. The van der Waals surface area contributed by atoms with Gasteiger partial charge in [-0.1, -0.05) is 24.3 Å². The molecule has 3 rings (SSSR count). The summed E-state index contributed by atoms with van der Waals surface area (Å²) in [4.78, 5) is 32.3. The first-order chi connectivity index (χ1) is 13.7. The molecule has 2 aliphatic rings. The molecule has 0 spiro atoms. The Morgan fingerprint density at radius 1 is 1.17 bits per heavy atom. The minimum Gasteiger partial charge on any atom is -0.444 e. The van der Waals surface area contributed by atoms with Crippen LogP contribution in [0.3, 0.4) is 0 Å². The summed E-state index contributed by atoms with van der Waals surface area (Å²) < 4.78 is 5.36. The highest BCUT2D eigenvalue weighted by atomic mass is 127. The van der Waals surface area contributed by atoms with Crippen LogP contribution in [0.4, 0.5) is 4.79 Å². The van der Waals surface area contributed by atoms with Gasteiger partial charge in [0.15, 0.2) is 5.96 Å². The lowest BCUT2D eigenvalue weighted by Crippen LogP contribution is -2.63. The van der Waals surface area contributed by atoms with E-state index >= 15 is 0 Å². The number of halogens is 1. The fraction of sp³-hybridized carbons (Fsp3) is 0.571. The molecule has 0 unspecified atom stereocenters. The van der Waals surface area contributed by atoms with Gasteiger partial charge < -0.3 is 25.2 Å². The number of aliphatic imine (C=N–C) groups is 1. The Kier molecular flexibility index (Phi) is 8.34. The molecule has 0 radical (unpaired) electrons. The fourth-order valence-electron chi connectivity index (χ4n) is 3.41. The van der Waals surface area contributed by atoms with Crippen molar-refractivity contribution in [3.63, 3.8) is 0 Å². The van der Waals surface area contributed by atoms with Gasteiger partial charge in [0, 0.05) is 33.2 Å². The largest absolute Gasteiger partial charge is 0.444 e. The van der Waals surface area contributed by atoms with Crippen LogP contribution in [0.2, 0.25) is 0 Å². The number of carbonyl (C=O) groups excluding carboxylic acids is 2. The van der Waals surface area contributed by atoms with Crippen molar-refractivity contribution >= 4 is 41.9 Å². The van der Waals surface area contributed by atoms with Crippen molar-refractivity contribution in [1.82, 2.24) is 20.4 Å². The van der Waals surface area contributed by atoms with Crippen LogP contribution in [0.15, 0.2) is 29.3 Å². The summed E-state index contributed by atoms with van der Waals surface area (Å²) in [5.41, 5.74) is 2.04. The smallest absolute Gasteiger partial charge is 0.410 e. The van der Waals surface area contributed by atoms with E-state index in [0.717, 1.165) is 13.0 Å². The molecule has 2 aliphatic heterocycles. The first-order valence-electron chi connectivity index (χ1n) is 10.0. The van der Waals surface area contributed by atoms with E-state index in [-0.39, 0.29) is 48.6 Å². The second kappa shape index (κ2) is 10.3. The topological polar surface area (TPSA) is 86.3 Å². The number of fused-ring (bicyclic) bond motifs is 1. The number of hydrogen-bond donors (Lipinski definition) is 2. The third-order valence-electron chi connectivity index (χ3n) is 4.99. The summed E-state index contributed by atoms with van der Waals surface area (Å²) >= 11 is 0. The van der Waals surface area contributed by atoms with Crippen molar-refractivity contribution in [2.45, 2.75) is 45.4 Å². The fourth-order valence-corrected chi connectivity index (χ4v) is 3.41. The van der Waals surface area contributed by atoms with Crippen LogP contribution in [0.1, 0.15) is 31.9 Å². The number of amides is 2. The van der Waals surface area contributed by atoms with Crippen LogP contribution in [-0.2, 0) is 22.5 Å². The Hall–Kier alpha value is -2.04. The third kappa shape index (κ3) is 6.48. The van der Waals surface area contributed by atoms with Crippen LogP contribution in [-0.4, -0.2) is 72.6 Å². The number of rotatable bonds is 3. The Balaban J connectivity index is 0.00000320.